The van der Waals surface area contributed by atoms with Crippen LogP contribution in [0.3, 0.4) is 0 Å². The molecule has 2 fully saturated rings. The predicted octanol–water partition coefficient (Wildman–Crippen LogP) is 1.22. The molecule has 1 unspecified atom stereocenters. The van der Waals surface area contributed by atoms with Crippen LogP contribution in [-0.4, -0.2) is 49.6 Å². The lowest BCUT2D eigenvalue weighted by Crippen LogP contribution is -2.41. The van der Waals surface area contributed by atoms with Gasteiger partial charge >= 0.3 is 6.03 Å². The van der Waals surface area contributed by atoms with Crippen LogP contribution in [-0.2, 0) is 4.79 Å². The van der Waals surface area contributed by atoms with Crippen molar-refractivity contribution < 1.29 is 14.3 Å². The van der Waals surface area contributed by atoms with Gasteiger partial charge in [-0.25, -0.2) is 9.69 Å². The van der Waals surface area contributed by atoms with E-state index in [1.165, 1.54) is 4.90 Å². The number of hydrogen-bond acceptors (Lipinski definition) is 4. The van der Waals surface area contributed by atoms with Gasteiger partial charge in [0.15, 0.2) is 0 Å². The number of methoxy groups -OCH3 is 1. The smallest absolute Gasteiger partial charge is 0.329 e. The summed E-state index contributed by atoms with van der Waals surface area (Å²) in [5, 5.41) is 2.77. The molecule has 1 N–H and O–H groups in total. The van der Waals surface area contributed by atoms with E-state index in [-0.39, 0.29) is 11.9 Å². The third-order valence-corrected chi connectivity index (χ3v) is 3.99. The van der Waals surface area contributed by atoms with Gasteiger partial charge in [-0.2, -0.15) is 0 Å². The summed E-state index contributed by atoms with van der Waals surface area (Å²) in [6.07, 6.45) is 2.33. The molecule has 1 aromatic carbocycles. The lowest BCUT2D eigenvalue weighted by Gasteiger charge is -2.18. The maximum Gasteiger partial charge on any atom is 0.329 e. The van der Waals surface area contributed by atoms with Gasteiger partial charge in [0.05, 0.1) is 12.8 Å². The Kier molecular flexibility index (Phi) is 3.79. The summed E-state index contributed by atoms with van der Waals surface area (Å²) < 4.78 is 5.08. The molecule has 2 heterocycles. The SMILES string of the molecule is COc1ccc(N2C(=O)NC(CN3CCCC3)C2=O)cc1. The molecule has 1 atom stereocenters. The molecule has 6 heteroatoms. The average Bonchev–Trinajstić information content (AvgIpc) is 3.09. The van der Waals surface area contributed by atoms with Crippen molar-refractivity contribution in [2.24, 2.45) is 0 Å². The van der Waals surface area contributed by atoms with E-state index >= 15 is 0 Å². The number of amides is 3. The number of likely N-dealkylation sites (tertiary alicyclic amines) is 1. The van der Waals surface area contributed by atoms with E-state index < -0.39 is 6.04 Å². The second-order valence-electron chi connectivity index (χ2n) is 5.38. The molecule has 0 radical (unpaired) electrons. The molecule has 112 valence electrons. The minimum absolute atomic E-state index is 0.183. The van der Waals surface area contributed by atoms with Crippen LogP contribution in [0, 0.1) is 0 Å². The Labute approximate surface area is 123 Å². The lowest BCUT2D eigenvalue weighted by molar-refractivity contribution is -0.118. The highest BCUT2D eigenvalue weighted by Crippen LogP contribution is 2.23. The largest absolute Gasteiger partial charge is 0.497 e. The molecule has 2 aliphatic heterocycles. The molecule has 1 aromatic rings. The summed E-state index contributed by atoms with van der Waals surface area (Å²) >= 11 is 0. The number of nitrogens with zero attached hydrogens (tertiary/aromatic N) is 2. The maximum absolute atomic E-state index is 12.4. The van der Waals surface area contributed by atoms with Crippen LogP contribution < -0.4 is 15.0 Å². The minimum atomic E-state index is -0.447. The Morgan fingerprint density at radius 3 is 2.48 bits per heavy atom. The number of nitrogens with one attached hydrogen (secondary N) is 1. The van der Waals surface area contributed by atoms with Gasteiger partial charge in [-0.1, -0.05) is 0 Å². The first kappa shape index (κ1) is 13.9. The second-order valence-corrected chi connectivity index (χ2v) is 5.38. The van der Waals surface area contributed by atoms with E-state index in [2.05, 4.69) is 10.2 Å². The van der Waals surface area contributed by atoms with Crippen molar-refractivity contribution in [1.29, 1.82) is 0 Å². The van der Waals surface area contributed by atoms with Crippen molar-refractivity contribution >= 4 is 17.6 Å². The first-order valence-electron chi connectivity index (χ1n) is 7.20. The summed E-state index contributed by atoms with van der Waals surface area (Å²) in [4.78, 5) is 27.9. The summed E-state index contributed by atoms with van der Waals surface area (Å²) in [5.74, 6) is 0.511. The highest BCUT2D eigenvalue weighted by molar-refractivity contribution is 6.21. The van der Waals surface area contributed by atoms with Crippen molar-refractivity contribution in [2.45, 2.75) is 18.9 Å². The number of carbonyl (C=O) groups excluding carboxylic acids is 2. The molecule has 0 bridgehead atoms. The molecule has 0 spiro atoms. The fraction of sp³-hybridized carbons (Fsp3) is 0.467. The molecular weight excluding hydrogens is 270 g/mol. The fourth-order valence-corrected chi connectivity index (χ4v) is 2.85. The predicted molar refractivity (Wildman–Crippen MR) is 78.5 cm³/mol. The zero-order valence-corrected chi connectivity index (χ0v) is 12.0. The molecule has 3 amide bonds. The van der Waals surface area contributed by atoms with Crippen LogP contribution in [0.1, 0.15) is 12.8 Å². The summed E-state index contributed by atoms with van der Waals surface area (Å²) in [6, 6.07) is 6.11. The Bertz CT molecular complexity index is 538. The zero-order valence-electron chi connectivity index (χ0n) is 12.0. The number of rotatable bonds is 4. The monoisotopic (exact) mass is 289 g/mol. The van der Waals surface area contributed by atoms with Gasteiger partial charge in [0.25, 0.3) is 5.91 Å². The van der Waals surface area contributed by atoms with Gasteiger partial charge in [-0.3, -0.25) is 4.79 Å². The first-order valence-corrected chi connectivity index (χ1v) is 7.20. The van der Waals surface area contributed by atoms with Crippen molar-refractivity contribution in [2.75, 3.05) is 31.6 Å². The molecule has 21 heavy (non-hydrogen) atoms. The Hall–Kier alpha value is -2.08. The second kappa shape index (κ2) is 5.73. The normalized spacial score (nSPS) is 22.7. The number of hydrogen-bond donors (Lipinski definition) is 1. The van der Waals surface area contributed by atoms with Crippen LogP contribution in [0.5, 0.6) is 5.75 Å². The van der Waals surface area contributed by atoms with Gasteiger partial charge in [-0.15, -0.1) is 0 Å². The highest BCUT2D eigenvalue weighted by Gasteiger charge is 2.39. The van der Waals surface area contributed by atoms with Gasteiger partial charge < -0.3 is 15.0 Å². The average molecular weight is 289 g/mol. The van der Waals surface area contributed by atoms with Crippen LogP contribution in [0.25, 0.3) is 0 Å². The van der Waals surface area contributed by atoms with Crippen LogP contribution in [0.4, 0.5) is 10.5 Å². The van der Waals surface area contributed by atoms with E-state index in [9.17, 15) is 9.59 Å². The fourth-order valence-electron chi connectivity index (χ4n) is 2.85. The van der Waals surface area contributed by atoms with E-state index in [0.29, 0.717) is 18.0 Å². The standard InChI is InChI=1S/C15H19N3O3/c1-21-12-6-4-11(5-7-12)18-14(19)13(16-15(18)20)10-17-8-2-3-9-17/h4-7,13H,2-3,8-10H2,1H3,(H,16,20). The number of urea groups is 1. The van der Waals surface area contributed by atoms with Crippen LogP contribution in [0.15, 0.2) is 24.3 Å². The molecule has 0 saturated carbocycles. The van der Waals surface area contributed by atoms with Gasteiger partial charge in [0.1, 0.15) is 11.8 Å². The molecule has 0 aromatic heterocycles. The van der Waals surface area contributed by atoms with Crippen molar-refractivity contribution in [3.63, 3.8) is 0 Å². The third-order valence-electron chi connectivity index (χ3n) is 3.99. The lowest BCUT2D eigenvalue weighted by atomic mass is 10.2. The quantitative estimate of drug-likeness (QED) is 0.847. The molecule has 2 aliphatic rings. The summed E-state index contributed by atoms with van der Waals surface area (Å²) in [6.45, 7) is 2.60. The van der Waals surface area contributed by atoms with E-state index in [1.807, 2.05) is 0 Å². The third kappa shape index (κ3) is 2.71. The van der Waals surface area contributed by atoms with Gasteiger partial charge in [0, 0.05) is 6.54 Å². The Morgan fingerprint density at radius 2 is 1.86 bits per heavy atom. The van der Waals surface area contributed by atoms with Gasteiger partial charge in [-0.05, 0) is 50.2 Å². The topological polar surface area (TPSA) is 61.9 Å². The van der Waals surface area contributed by atoms with Crippen LogP contribution >= 0.6 is 0 Å². The number of imide groups is 1. The van der Waals surface area contributed by atoms with Crippen molar-refractivity contribution in [3.8, 4) is 5.75 Å². The van der Waals surface area contributed by atoms with E-state index in [1.54, 1.807) is 31.4 Å². The molecule has 6 nitrogen and oxygen atoms in total. The summed E-state index contributed by atoms with van der Waals surface area (Å²) in [5.41, 5.74) is 0.572. The zero-order chi connectivity index (χ0) is 14.8. The minimum Gasteiger partial charge on any atom is -0.497 e. The maximum atomic E-state index is 12.4. The number of ether oxygens (including phenoxy) is 1. The molecule has 2 saturated heterocycles. The van der Waals surface area contributed by atoms with E-state index in [4.69, 9.17) is 4.74 Å². The number of anilines is 1. The first-order chi connectivity index (χ1) is 10.2. The Balaban J connectivity index is 1.73. The molecular formula is C15H19N3O3. The molecule has 3 rings (SSSR count). The van der Waals surface area contributed by atoms with Gasteiger partial charge in [0.2, 0.25) is 0 Å². The molecule has 0 aliphatic carbocycles. The Morgan fingerprint density at radius 1 is 1.19 bits per heavy atom. The summed E-state index contributed by atoms with van der Waals surface area (Å²) in [7, 11) is 1.58. The van der Waals surface area contributed by atoms with Crippen LogP contribution in [0.2, 0.25) is 0 Å². The van der Waals surface area contributed by atoms with Crippen molar-refractivity contribution in [1.82, 2.24) is 10.2 Å². The van der Waals surface area contributed by atoms with E-state index in [0.717, 1.165) is 25.9 Å². The number of benzene rings is 1. The highest BCUT2D eigenvalue weighted by atomic mass is 16.5. The van der Waals surface area contributed by atoms with Crippen molar-refractivity contribution in [3.05, 3.63) is 24.3 Å². The number of carbonyl (C=O) groups is 2.